The molecule has 0 aliphatic rings. The zero-order chi connectivity index (χ0) is 18.1. The van der Waals surface area contributed by atoms with Crippen LogP contribution < -0.4 is 4.74 Å². The van der Waals surface area contributed by atoms with Gasteiger partial charge in [0.05, 0.1) is 15.5 Å². The third-order valence-electron chi connectivity index (χ3n) is 2.93. The standard InChI is InChI=1S/C14H7ClF3N3O3/c1-7-12(21(22)23)4-8(6-19)13(20-7)24-9-2-3-11(15)10(5-9)14(16,17)18/h2-5H,1H3. The molecule has 24 heavy (non-hydrogen) atoms. The van der Waals surface area contributed by atoms with Gasteiger partial charge in [-0.3, -0.25) is 10.1 Å². The van der Waals surface area contributed by atoms with E-state index in [4.69, 9.17) is 21.6 Å². The summed E-state index contributed by atoms with van der Waals surface area (Å²) in [6.07, 6.45) is -4.69. The smallest absolute Gasteiger partial charge is 0.417 e. The molecule has 1 aromatic heterocycles. The number of hydrogen-bond acceptors (Lipinski definition) is 5. The van der Waals surface area contributed by atoms with Crippen molar-refractivity contribution < 1.29 is 22.8 Å². The van der Waals surface area contributed by atoms with Crippen LogP contribution in [0.5, 0.6) is 11.6 Å². The molecule has 0 bridgehead atoms. The first-order chi connectivity index (χ1) is 11.1. The predicted molar refractivity (Wildman–Crippen MR) is 76.9 cm³/mol. The summed E-state index contributed by atoms with van der Waals surface area (Å²) < 4.78 is 43.7. The van der Waals surface area contributed by atoms with E-state index in [0.717, 1.165) is 18.2 Å². The second-order valence-corrected chi connectivity index (χ2v) is 4.96. The molecule has 0 aliphatic carbocycles. The van der Waals surface area contributed by atoms with E-state index in [2.05, 4.69) is 4.98 Å². The lowest BCUT2D eigenvalue weighted by Crippen LogP contribution is -2.06. The van der Waals surface area contributed by atoms with Crippen LogP contribution in [0.4, 0.5) is 18.9 Å². The number of benzene rings is 1. The van der Waals surface area contributed by atoms with E-state index in [1.807, 2.05) is 0 Å². The van der Waals surface area contributed by atoms with E-state index in [-0.39, 0.29) is 22.9 Å². The Hall–Kier alpha value is -2.86. The van der Waals surface area contributed by atoms with Gasteiger partial charge in [0.25, 0.3) is 5.69 Å². The summed E-state index contributed by atoms with van der Waals surface area (Å²) in [5.41, 5.74) is -1.83. The van der Waals surface area contributed by atoms with Crippen LogP contribution in [0.2, 0.25) is 5.02 Å². The van der Waals surface area contributed by atoms with Gasteiger partial charge in [-0.1, -0.05) is 11.6 Å². The van der Waals surface area contributed by atoms with Crippen molar-refractivity contribution in [3.63, 3.8) is 0 Å². The van der Waals surface area contributed by atoms with E-state index in [0.29, 0.717) is 6.07 Å². The van der Waals surface area contributed by atoms with Crippen LogP contribution in [-0.4, -0.2) is 9.91 Å². The molecule has 0 fully saturated rings. The lowest BCUT2D eigenvalue weighted by atomic mass is 10.2. The molecule has 2 rings (SSSR count). The molecule has 0 atom stereocenters. The van der Waals surface area contributed by atoms with Gasteiger partial charge in [0.2, 0.25) is 5.88 Å². The maximum Gasteiger partial charge on any atom is 0.417 e. The van der Waals surface area contributed by atoms with Crippen LogP contribution in [0.1, 0.15) is 16.8 Å². The Morgan fingerprint density at radius 1 is 1.38 bits per heavy atom. The van der Waals surface area contributed by atoms with Crippen molar-refractivity contribution in [2.75, 3.05) is 0 Å². The summed E-state index contributed by atoms with van der Waals surface area (Å²) in [4.78, 5) is 13.9. The molecule has 1 aromatic carbocycles. The maximum absolute atomic E-state index is 12.8. The second-order valence-electron chi connectivity index (χ2n) is 4.56. The highest BCUT2D eigenvalue weighted by atomic mass is 35.5. The molecular weight excluding hydrogens is 351 g/mol. The zero-order valence-electron chi connectivity index (χ0n) is 11.9. The molecule has 0 unspecified atom stereocenters. The van der Waals surface area contributed by atoms with Crippen LogP contribution in [-0.2, 0) is 6.18 Å². The highest BCUT2D eigenvalue weighted by molar-refractivity contribution is 6.31. The zero-order valence-corrected chi connectivity index (χ0v) is 12.6. The molecule has 0 amide bonds. The topological polar surface area (TPSA) is 89.0 Å². The third-order valence-corrected chi connectivity index (χ3v) is 3.26. The summed E-state index contributed by atoms with van der Waals surface area (Å²) in [5.74, 6) is -0.597. The number of hydrogen-bond donors (Lipinski definition) is 0. The number of ether oxygens (including phenoxy) is 1. The van der Waals surface area contributed by atoms with Gasteiger partial charge in [-0.25, -0.2) is 4.98 Å². The molecule has 0 N–H and O–H groups in total. The fourth-order valence-electron chi connectivity index (χ4n) is 1.81. The fraction of sp³-hybridized carbons (Fsp3) is 0.143. The first kappa shape index (κ1) is 17.5. The SMILES string of the molecule is Cc1nc(Oc2ccc(Cl)c(C(F)(F)F)c2)c(C#N)cc1[N+](=O)[O-]. The van der Waals surface area contributed by atoms with Gasteiger partial charge >= 0.3 is 6.18 Å². The number of rotatable bonds is 3. The van der Waals surface area contributed by atoms with Crippen LogP contribution in [0.15, 0.2) is 24.3 Å². The monoisotopic (exact) mass is 357 g/mol. The molecule has 2 aromatic rings. The molecule has 1 heterocycles. The van der Waals surface area contributed by atoms with Crippen molar-refractivity contribution in [3.8, 4) is 17.7 Å². The summed E-state index contributed by atoms with van der Waals surface area (Å²) in [6, 6.07) is 5.41. The summed E-state index contributed by atoms with van der Waals surface area (Å²) >= 11 is 5.50. The molecule has 124 valence electrons. The van der Waals surface area contributed by atoms with Crippen molar-refractivity contribution in [3.05, 3.63) is 56.2 Å². The van der Waals surface area contributed by atoms with Gasteiger partial charge in [0.15, 0.2) is 0 Å². The normalized spacial score (nSPS) is 11.0. The molecular formula is C14H7ClF3N3O3. The third kappa shape index (κ3) is 3.55. The Labute approximate surface area is 138 Å². The Morgan fingerprint density at radius 3 is 2.58 bits per heavy atom. The van der Waals surface area contributed by atoms with Crippen LogP contribution in [0, 0.1) is 28.4 Å². The van der Waals surface area contributed by atoms with Crippen molar-refractivity contribution in [1.29, 1.82) is 5.26 Å². The summed E-state index contributed by atoms with van der Waals surface area (Å²) in [7, 11) is 0. The minimum Gasteiger partial charge on any atom is -0.438 e. The summed E-state index contributed by atoms with van der Waals surface area (Å²) in [5, 5.41) is 19.3. The number of nitrogens with zero attached hydrogens (tertiary/aromatic N) is 3. The molecule has 0 saturated carbocycles. The highest BCUT2D eigenvalue weighted by Gasteiger charge is 2.33. The molecule has 6 nitrogen and oxygen atoms in total. The van der Waals surface area contributed by atoms with Gasteiger partial charge in [0.1, 0.15) is 23.1 Å². The van der Waals surface area contributed by atoms with Gasteiger partial charge in [0, 0.05) is 6.07 Å². The molecule has 0 aliphatic heterocycles. The Morgan fingerprint density at radius 2 is 2.04 bits per heavy atom. The number of aromatic nitrogens is 1. The van der Waals surface area contributed by atoms with E-state index in [9.17, 15) is 23.3 Å². The molecule has 0 radical (unpaired) electrons. The minimum absolute atomic E-state index is 0.0426. The lowest BCUT2D eigenvalue weighted by molar-refractivity contribution is -0.385. The van der Waals surface area contributed by atoms with Gasteiger partial charge in [-0.2, -0.15) is 18.4 Å². The van der Waals surface area contributed by atoms with E-state index < -0.39 is 27.4 Å². The van der Waals surface area contributed by atoms with Gasteiger partial charge < -0.3 is 4.74 Å². The first-order valence-electron chi connectivity index (χ1n) is 6.24. The summed E-state index contributed by atoms with van der Waals surface area (Å²) in [6.45, 7) is 1.31. The average molecular weight is 358 g/mol. The lowest BCUT2D eigenvalue weighted by Gasteiger charge is -2.12. The Bertz CT molecular complexity index is 863. The second kappa shape index (κ2) is 6.33. The number of halogens is 4. The highest BCUT2D eigenvalue weighted by Crippen LogP contribution is 2.38. The van der Waals surface area contributed by atoms with Crippen LogP contribution in [0.25, 0.3) is 0 Å². The number of nitro groups is 1. The first-order valence-corrected chi connectivity index (χ1v) is 6.62. The number of aryl methyl sites for hydroxylation is 1. The predicted octanol–water partition coefficient (Wildman–Crippen LogP) is 4.63. The largest absolute Gasteiger partial charge is 0.438 e. The Kier molecular flexibility index (Phi) is 4.61. The molecule has 0 spiro atoms. The Balaban J connectivity index is 2.47. The minimum atomic E-state index is -4.69. The van der Waals surface area contributed by atoms with Gasteiger partial charge in [-0.15, -0.1) is 0 Å². The van der Waals surface area contributed by atoms with E-state index in [1.54, 1.807) is 6.07 Å². The molecule has 0 saturated heterocycles. The fourth-order valence-corrected chi connectivity index (χ4v) is 2.04. The van der Waals surface area contributed by atoms with Crippen molar-refractivity contribution >= 4 is 17.3 Å². The van der Waals surface area contributed by atoms with E-state index in [1.165, 1.54) is 6.92 Å². The van der Waals surface area contributed by atoms with E-state index >= 15 is 0 Å². The number of nitriles is 1. The average Bonchev–Trinajstić information content (AvgIpc) is 2.48. The number of pyridine rings is 1. The van der Waals surface area contributed by atoms with Gasteiger partial charge in [-0.05, 0) is 25.1 Å². The quantitative estimate of drug-likeness (QED) is 0.590. The van der Waals surface area contributed by atoms with Crippen LogP contribution >= 0.6 is 11.6 Å². The van der Waals surface area contributed by atoms with Crippen molar-refractivity contribution in [1.82, 2.24) is 4.98 Å². The van der Waals surface area contributed by atoms with Crippen molar-refractivity contribution in [2.45, 2.75) is 13.1 Å². The van der Waals surface area contributed by atoms with Crippen molar-refractivity contribution in [2.24, 2.45) is 0 Å². The maximum atomic E-state index is 12.8. The molecule has 10 heteroatoms. The van der Waals surface area contributed by atoms with Crippen LogP contribution in [0.3, 0.4) is 0 Å². The number of alkyl halides is 3.